The molecule has 1 saturated carbocycles. The Kier molecular flexibility index (Phi) is 4.33. The Labute approximate surface area is 136 Å². The van der Waals surface area contributed by atoms with Gasteiger partial charge in [0.15, 0.2) is 5.82 Å². The van der Waals surface area contributed by atoms with E-state index in [2.05, 4.69) is 10.1 Å². The van der Waals surface area contributed by atoms with Gasteiger partial charge in [-0.3, -0.25) is 0 Å². The van der Waals surface area contributed by atoms with Crippen molar-refractivity contribution < 1.29 is 22.3 Å². The average molecular weight is 343 g/mol. The van der Waals surface area contributed by atoms with Gasteiger partial charge in [-0.25, -0.2) is 14.1 Å². The Bertz CT molecular complexity index is 722. The van der Waals surface area contributed by atoms with Crippen molar-refractivity contribution in [1.82, 2.24) is 14.8 Å². The molecule has 0 bridgehead atoms. The SMILES string of the molecule is COCCc1nc(C2(c3ccccc3F)CC2)n(CC(F)(F)F)n1. The fourth-order valence-corrected chi connectivity index (χ4v) is 2.91. The normalized spacial score (nSPS) is 16.4. The molecule has 0 saturated heterocycles. The lowest BCUT2D eigenvalue weighted by Crippen LogP contribution is -2.25. The van der Waals surface area contributed by atoms with E-state index in [0.29, 0.717) is 31.4 Å². The van der Waals surface area contributed by atoms with Crippen LogP contribution in [0.2, 0.25) is 0 Å². The quantitative estimate of drug-likeness (QED) is 0.756. The second-order valence-corrected chi connectivity index (χ2v) is 5.93. The largest absolute Gasteiger partial charge is 0.408 e. The summed E-state index contributed by atoms with van der Waals surface area (Å²) in [5.74, 6) is 0.0183. The number of aromatic nitrogens is 3. The smallest absolute Gasteiger partial charge is 0.384 e. The predicted octanol–water partition coefficient (Wildman–Crippen LogP) is 3.25. The van der Waals surface area contributed by atoms with E-state index in [1.165, 1.54) is 13.2 Å². The van der Waals surface area contributed by atoms with Gasteiger partial charge in [-0.05, 0) is 18.9 Å². The van der Waals surface area contributed by atoms with E-state index in [9.17, 15) is 17.6 Å². The molecular weight excluding hydrogens is 326 g/mol. The third kappa shape index (κ3) is 3.28. The van der Waals surface area contributed by atoms with Crippen LogP contribution < -0.4 is 0 Å². The molecule has 0 aliphatic heterocycles. The Morgan fingerprint density at radius 3 is 2.54 bits per heavy atom. The molecule has 0 amide bonds. The molecule has 1 fully saturated rings. The summed E-state index contributed by atoms with van der Waals surface area (Å²) in [6, 6.07) is 6.14. The Hall–Kier alpha value is -1.96. The molecule has 130 valence electrons. The fraction of sp³-hybridized carbons (Fsp3) is 0.500. The van der Waals surface area contributed by atoms with Gasteiger partial charge in [0.25, 0.3) is 0 Å². The fourth-order valence-electron chi connectivity index (χ4n) is 2.91. The molecule has 1 aromatic carbocycles. The highest BCUT2D eigenvalue weighted by molar-refractivity contribution is 5.40. The van der Waals surface area contributed by atoms with Crippen molar-refractivity contribution in [2.45, 2.75) is 37.4 Å². The summed E-state index contributed by atoms with van der Waals surface area (Å²) in [7, 11) is 1.50. The number of hydrogen-bond donors (Lipinski definition) is 0. The van der Waals surface area contributed by atoms with E-state index in [0.717, 1.165) is 4.68 Å². The Balaban J connectivity index is 2.02. The monoisotopic (exact) mass is 343 g/mol. The topological polar surface area (TPSA) is 39.9 Å². The number of ether oxygens (including phenoxy) is 1. The average Bonchev–Trinajstić information content (AvgIpc) is 3.21. The highest BCUT2D eigenvalue weighted by Crippen LogP contribution is 2.53. The number of hydrogen-bond acceptors (Lipinski definition) is 3. The van der Waals surface area contributed by atoms with Gasteiger partial charge in [0.1, 0.15) is 18.2 Å². The molecule has 1 heterocycles. The number of methoxy groups -OCH3 is 1. The van der Waals surface area contributed by atoms with E-state index in [4.69, 9.17) is 4.74 Å². The first kappa shape index (κ1) is 16.9. The number of benzene rings is 1. The van der Waals surface area contributed by atoms with Crippen LogP contribution >= 0.6 is 0 Å². The van der Waals surface area contributed by atoms with Crippen molar-refractivity contribution in [3.63, 3.8) is 0 Å². The van der Waals surface area contributed by atoms with Gasteiger partial charge in [-0.1, -0.05) is 18.2 Å². The first-order valence-corrected chi connectivity index (χ1v) is 7.61. The summed E-state index contributed by atoms with van der Waals surface area (Å²) in [5.41, 5.74) is -0.450. The van der Waals surface area contributed by atoms with E-state index in [1.54, 1.807) is 18.2 Å². The second kappa shape index (κ2) is 6.16. The number of alkyl halides is 3. The number of rotatable bonds is 6. The van der Waals surface area contributed by atoms with E-state index >= 15 is 0 Å². The molecule has 0 spiro atoms. The van der Waals surface area contributed by atoms with Crippen LogP contribution in [-0.4, -0.2) is 34.7 Å². The zero-order chi connectivity index (χ0) is 17.4. The zero-order valence-corrected chi connectivity index (χ0v) is 13.1. The molecule has 2 aromatic rings. The number of nitrogens with zero attached hydrogens (tertiary/aromatic N) is 3. The van der Waals surface area contributed by atoms with E-state index in [-0.39, 0.29) is 11.6 Å². The minimum Gasteiger partial charge on any atom is -0.384 e. The molecule has 1 aromatic heterocycles. The molecule has 0 atom stereocenters. The molecule has 8 heteroatoms. The molecule has 3 rings (SSSR count). The van der Waals surface area contributed by atoms with Crippen molar-refractivity contribution in [2.75, 3.05) is 13.7 Å². The summed E-state index contributed by atoms with van der Waals surface area (Å²) >= 11 is 0. The van der Waals surface area contributed by atoms with Crippen molar-refractivity contribution in [1.29, 1.82) is 0 Å². The van der Waals surface area contributed by atoms with Crippen molar-refractivity contribution in [2.24, 2.45) is 0 Å². The minimum absolute atomic E-state index is 0.177. The lowest BCUT2D eigenvalue weighted by atomic mass is 9.94. The molecule has 1 aliphatic carbocycles. The summed E-state index contributed by atoms with van der Waals surface area (Å²) in [6.07, 6.45) is -3.02. The summed E-state index contributed by atoms with van der Waals surface area (Å²) in [4.78, 5) is 4.29. The van der Waals surface area contributed by atoms with Gasteiger partial charge in [0.2, 0.25) is 0 Å². The van der Waals surface area contributed by atoms with Crippen LogP contribution in [0.25, 0.3) is 0 Å². The van der Waals surface area contributed by atoms with Crippen molar-refractivity contribution in [3.8, 4) is 0 Å². The van der Waals surface area contributed by atoms with Gasteiger partial charge < -0.3 is 4.74 Å². The first-order valence-electron chi connectivity index (χ1n) is 7.61. The molecule has 0 radical (unpaired) electrons. The summed E-state index contributed by atoms with van der Waals surface area (Å²) in [6.45, 7) is -0.930. The maximum Gasteiger partial charge on any atom is 0.408 e. The molecular formula is C16H17F4N3O. The van der Waals surface area contributed by atoms with Crippen LogP contribution in [0.1, 0.15) is 30.1 Å². The lowest BCUT2D eigenvalue weighted by molar-refractivity contribution is -0.143. The highest BCUT2D eigenvalue weighted by Gasteiger charge is 2.52. The van der Waals surface area contributed by atoms with E-state index < -0.39 is 24.0 Å². The molecule has 0 unspecified atom stereocenters. The van der Waals surface area contributed by atoms with Gasteiger partial charge in [0, 0.05) is 19.1 Å². The molecule has 24 heavy (non-hydrogen) atoms. The van der Waals surface area contributed by atoms with Crippen LogP contribution in [-0.2, 0) is 23.1 Å². The van der Waals surface area contributed by atoms with Crippen LogP contribution in [0.15, 0.2) is 24.3 Å². The van der Waals surface area contributed by atoms with E-state index in [1.807, 2.05) is 0 Å². The predicted molar refractivity (Wildman–Crippen MR) is 78.1 cm³/mol. The van der Waals surface area contributed by atoms with Gasteiger partial charge in [0.05, 0.1) is 12.0 Å². The van der Waals surface area contributed by atoms with Crippen LogP contribution in [0, 0.1) is 5.82 Å². The molecule has 0 N–H and O–H groups in total. The van der Waals surface area contributed by atoms with Crippen LogP contribution in [0.5, 0.6) is 0 Å². The maximum absolute atomic E-state index is 14.2. The van der Waals surface area contributed by atoms with Crippen LogP contribution in [0.3, 0.4) is 0 Å². The minimum atomic E-state index is -4.42. The van der Waals surface area contributed by atoms with Gasteiger partial charge >= 0.3 is 6.18 Å². The highest BCUT2D eigenvalue weighted by atomic mass is 19.4. The molecule has 1 aliphatic rings. The zero-order valence-electron chi connectivity index (χ0n) is 13.1. The first-order chi connectivity index (χ1) is 11.4. The van der Waals surface area contributed by atoms with Crippen LogP contribution in [0.4, 0.5) is 17.6 Å². The Morgan fingerprint density at radius 2 is 1.96 bits per heavy atom. The van der Waals surface area contributed by atoms with Crippen molar-refractivity contribution in [3.05, 3.63) is 47.3 Å². The van der Waals surface area contributed by atoms with Gasteiger partial charge in [-0.2, -0.15) is 18.3 Å². The van der Waals surface area contributed by atoms with Gasteiger partial charge in [-0.15, -0.1) is 0 Å². The van der Waals surface area contributed by atoms with Crippen molar-refractivity contribution >= 4 is 0 Å². The third-order valence-corrected chi connectivity index (χ3v) is 4.14. The Morgan fingerprint density at radius 1 is 1.25 bits per heavy atom. The lowest BCUT2D eigenvalue weighted by Gasteiger charge is -2.17. The third-order valence-electron chi connectivity index (χ3n) is 4.14. The number of halogens is 4. The maximum atomic E-state index is 14.2. The standard InChI is InChI=1S/C16H17F4N3O/c1-24-9-6-13-21-14(23(22-13)10-16(18,19)20)15(7-8-15)11-4-2-3-5-12(11)17/h2-5H,6-10H2,1H3. The summed E-state index contributed by atoms with van der Waals surface area (Å²) < 4.78 is 58.6. The molecule has 4 nitrogen and oxygen atoms in total. The second-order valence-electron chi connectivity index (χ2n) is 5.93. The summed E-state index contributed by atoms with van der Waals surface area (Å²) in [5, 5.41) is 3.98.